The van der Waals surface area contributed by atoms with E-state index >= 15 is 0 Å². The van der Waals surface area contributed by atoms with Crippen LogP contribution in [-0.2, 0) is 9.53 Å². The second-order valence-corrected chi connectivity index (χ2v) is 10.1. The fraction of sp³-hybridized carbons (Fsp3) is 0.478. The smallest absolute Gasteiger partial charge is 0.267 e. The van der Waals surface area contributed by atoms with Crippen molar-refractivity contribution < 1.29 is 9.53 Å². The molecule has 9 heteroatoms. The number of carbonyl (C=O) groups is 1. The summed E-state index contributed by atoms with van der Waals surface area (Å²) >= 11 is 6.68. The number of aryl methyl sites for hydroxylation is 1. The second-order valence-electron chi connectivity index (χ2n) is 8.39. The lowest BCUT2D eigenvalue weighted by atomic mass is 9.99. The quantitative estimate of drug-likeness (QED) is 0.362. The van der Waals surface area contributed by atoms with Crippen molar-refractivity contribution in [2.75, 3.05) is 38.3 Å². The number of hydrogen-bond donors (Lipinski definition) is 0. The molecule has 2 aromatic rings. The zero-order valence-corrected chi connectivity index (χ0v) is 20.3. The van der Waals surface area contributed by atoms with Crippen LogP contribution < -0.4 is 10.5 Å². The number of thioether (sulfide) groups is 1. The Labute approximate surface area is 197 Å². The SMILES string of the molecule is COCCCN1C(=O)/C(=C\c2c(N3CCC(C)CC3)nc3c(C)cccn3c2=O)SC1=S. The van der Waals surface area contributed by atoms with Gasteiger partial charge in [0.15, 0.2) is 0 Å². The highest BCUT2D eigenvalue weighted by atomic mass is 32.2. The Morgan fingerprint density at radius 2 is 2.06 bits per heavy atom. The first kappa shape index (κ1) is 22.9. The number of hydrogen-bond acceptors (Lipinski definition) is 7. The van der Waals surface area contributed by atoms with Gasteiger partial charge in [-0.2, -0.15) is 0 Å². The van der Waals surface area contributed by atoms with Crippen LogP contribution in [0.3, 0.4) is 0 Å². The van der Waals surface area contributed by atoms with Gasteiger partial charge in [0.1, 0.15) is 15.8 Å². The Morgan fingerprint density at radius 1 is 1.31 bits per heavy atom. The molecule has 2 aliphatic heterocycles. The normalized spacial score (nSPS) is 19.0. The summed E-state index contributed by atoms with van der Waals surface area (Å²) in [5, 5.41) is 0. The van der Waals surface area contributed by atoms with Crippen LogP contribution in [0.1, 0.15) is 37.3 Å². The van der Waals surface area contributed by atoms with Gasteiger partial charge in [-0.1, -0.05) is 37.0 Å². The summed E-state index contributed by atoms with van der Waals surface area (Å²) in [6.07, 6.45) is 6.22. The van der Waals surface area contributed by atoms with E-state index in [1.165, 1.54) is 11.8 Å². The summed E-state index contributed by atoms with van der Waals surface area (Å²) in [6, 6.07) is 3.79. The van der Waals surface area contributed by atoms with Crippen molar-refractivity contribution >= 4 is 51.7 Å². The van der Waals surface area contributed by atoms with E-state index in [2.05, 4.69) is 11.8 Å². The van der Waals surface area contributed by atoms with Gasteiger partial charge in [-0.05, 0) is 49.8 Å². The Bertz CT molecular complexity index is 1140. The molecule has 0 spiro atoms. The molecule has 0 radical (unpaired) electrons. The predicted octanol–water partition coefficient (Wildman–Crippen LogP) is 3.48. The standard InChI is InChI=1S/C23H28N4O3S2/c1-15-7-11-25(12-8-15)20-17(21(28)26-9-4-6-16(2)19(26)24-20)14-18-22(29)27(23(31)32-18)10-5-13-30-3/h4,6,9,14-15H,5,7-8,10-13H2,1-3H3/b18-14+. The fourth-order valence-electron chi connectivity index (χ4n) is 4.08. The largest absolute Gasteiger partial charge is 0.385 e. The van der Waals surface area contributed by atoms with Crippen LogP contribution in [0.25, 0.3) is 11.7 Å². The van der Waals surface area contributed by atoms with Crippen molar-refractivity contribution in [2.24, 2.45) is 5.92 Å². The lowest BCUT2D eigenvalue weighted by molar-refractivity contribution is -0.122. The summed E-state index contributed by atoms with van der Waals surface area (Å²) in [4.78, 5) is 35.7. The summed E-state index contributed by atoms with van der Waals surface area (Å²) in [5.74, 6) is 1.14. The number of piperidine rings is 1. The molecule has 0 bridgehead atoms. The van der Waals surface area contributed by atoms with Crippen LogP contribution in [0.5, 0.6) is 0 Å². The highest BCUT2D eigenvalue weighted by Gasteiger charge is 2.33. The first-order chi connectivity index (χ1) is 15.4. The molecule has 7 nitrogen and oxygen atoms in total. The molecule has 4 rings (SSSR count). The van der Waals surface area contributed by atoms with Gasteiger partial charge in [0.2, 0.25) is 0 Å². The Hall–Kier alpha value is -2.23. The first-order valence-electron chi connectivity index (χ1n) is 10.9. The number of nitrogens with zero attached hydrogens (tertiary/aromatic N) is 4. The minimum absolute atomic E-state index is 0.164. The van der Waals surface area contributed by atoms with Crippen molar-refractivity contribution in [3.8, 4) is 0 Å². The molecule has 0 atom stereocenters. The number of amides is 1. The number of methoxy groups -OCH3 is 1. The Kier molecular flexibility index (Phi) is 6.97. The number of anilines is 1. The zero-order valence-electron chi connectivity index (χ0n) is 18.7. The minimum Gasteiger partial charge on any atom is -0.385 e. The van der Waals surface area contributed by atoms with Gasteiger partial charge >= 0.3 is 0 Å². The third kappa shape index (κ3) is 4.46. The van der Waals surface area contributed by atoms with E-state index in [4.69, 9.17) is 21.9 Å². The molecule has 2 fully saturated rings. The molecule has 32 heavy (non-hydrogen) atoms. The topological polar surface area (TPSA) is 67.2 Å². The van der Waals surface area contributed by atoms with E-state index in [0.717, 1.165) is 31.5 Å². The lowest BCUT2D eigenvalue weighted by Gasteiger charge is -2.32. The molecule has 0 aromatic carbocycles. The highest BCUT2D eigenvalue weighted by molar-refractivity contribution is 8.26. The first-order valence-corrected chi connectivity index (χ1v) is 12.1. The highest BCUT2D eigenvalue weighted by Crippen LogP contribution is 2.34. The summed E-state index contributed by atoms with van der Waals surface area (Å²) in [5.41, 5.74) is 1.86. The number of carbonyl (C=O) groups excluding carboxylic acids is 1. The molecule has 170 valence electrons. The fourth-order valence-corrected chi connectivity index (χ4v) is 5.37. The summed E-state index contributed by atoms with van der Waals surface area (Å²) < 4.78 is 7.17. The molecule has 0 saturated carbocycles. The minimum atomic E-state index is -0.169. The van der Waals surface area contributed by atoms with Gasteiger partial charge in [-0.3, -0.25) is 18.9 Å². The van der Waals surface area contributed by atoms with Crippen LogP contribution in [0.2, 0.25) is 0 Å². The van der Waals surface area contributed by atoms with Crippen LogP contribution in [0.15, 0.2) is 28.0 Å². The Morgan fingerprint density at radius 3 is 2.78 bits per heavy atom. The lowest BCUT2D eigenvalue weighted by Crippen LogP contribution is -2.36. The predicted molar refractivity (Wildman–Crippen MR) is 133 cm³/mol. The van der Waals surface area contributed by atoms with Crippen molar-refractivity contribution in [3.05, 3.63) is 44.7 Å². The van der Waals surface area contributed by atoms with Crippen LogP contribution in [0, 0.1) is 12.8 Å². The molecule has 1 amide bonds. The third-order valence-electron chi connectivity index (χ3n) is 6.03. The van der Waals surface area contributed by atoms with E-state index in [9.17, 15) is 9.59 Å². The van der Waals surface area contributed by atoms with Crippen molar-refractivity contribution in [3.63, 3.8) is 0 Å². The molecular weight excluding hydrogens is 444 g/mol. The number of fused-ring (bicyclic) bond motifs is 1. The van der Waals surface area contributed by atoms with Gasteiger partial charge in [-0.25, -0.2) is 4.98 Å². The summed E-state index contributed by atoms with van der Waals surface area (Å²) in [6.45, 7) is 6.95. The maximum absolute atomic E-state index is 13.5. The molecule has 0 N–H and O–H groups in total. The number of ether oxygens (including phenoxy) is 1. The molecule has 2 aliphatic rings. The number of rotatable bonds is 6. The molecule has 4 heterocycles. The Balaban J connectivity index is 1.78. The van der Waals surface area contributed by atoms with Gasteiger partial charge in [0.05, 0.1) is 10.5 Å². The maximum atomic E-state index is 13.5. The number of pyridine rings is 1. The average Bonchev–Trinajstić information content (AvgIpc) is 3.04. The van der Waals surface area contributed by atoms with Crippen LogP contribution in [-0.4, -0.2) is 57.9 Å². The van der Waals surface area contributed by atoms with E-state index in [1.807, 2.05) is 19.1 Å². The van der Waals surface area contributed by atoms with Gasteiger partial charge in [0, 0.05) is 39.5 Å². The van der Waals surface area contributed by atoms with Crippen LogP contribution in [0.4, 0.5) is 5.82 Å². The monoisotopic (exact) mass is 472 g/mol. The summed E-state index contributed by atoms with van der Waals surface area (Å²) in [7, 11) is 1.63. The molecule has 0 unspecified atom stereocenters. The molecule has 2 saturated heterocycles. The second kappa shape index (κ2) is 9.72. The van der Waals surface area contributed by atoms with Crippen LogP contribution >= 0.6 is 24.0 Å². The number of thiocarbonyl (C=S) groups is 1. The van der Waals surface area contributed by atoms with E-state index in [-0.39, 0.29) is 11.5 Å². The van der Waals surface area contributed by atoms with Gasteiger partial charge in [-0.15, -0.1) is 0 Å². The van der Waals surface area contributed by atoms with Crippen molar-refractivity contribution in [1.29, 1.82) is 0 Å². The third-order valence-corrected chi connectivity index (χ3v) is 7.40. The van der Waals surface area contributed by atoms with Gasteiger partial charge < -0.3 is 9.64 Å². The van der Waals surface area contributed by atoms with Crippen molar-refractivity contribution in [1.82, 2.24) is 14.3 Å². The maximum Gasteiger partial charge on any atom is 0.267 e. The molecule has 2 aromatic heterocycles. The van der Waals surface area contributed by atoms with Gasteiger partial charge in [0.25, 0.3) is 11.5 Å². The average molecular weight is 473 g/mol. The van der Waals surface area contributed by atoms with E-state index in [1.54, 1.807) is 28.7 Å². The number of aromatic nitrogens is 2. The van der Waals surface area contributed by atoms with E-state index in [0.29, 0.717) is 51.7 Å². The van der Waals surface area contributed by atoms with E-state index < -0.39 is 0 Å². The zero-order chi connectivity index (χ0) is 22.8. The van der Waals surface area contributed by atoms with Crippen molar-refractivity contribution in [2.45, 2.75) is 33.1 Å². The molecular formula is C23H28N4O3S2. The molecule has 0 aliphatic carbocycles.